The molecule has 134 valence electrons. The summed E-state index contributed by atoms with van der Waals surface area (Å²) in [6, 6.07) is 8.07. The van der Waals surface area contributed by atoms with Gasteiger partial charge in [-0.1, -0.05) is 11.3 Å². The molecular weight excluding hydrogens is 336 g/mol. The van der Waals surface area contributed by atoms with Crippen LogP contribution in [0.2, 0.25) is 0 Å². The normalized spacial score (nSPS) is 16.1. The van der Waals surface area contributed by atoms with Crippen LogP contribution in [0.25, 0.3) is 11.3 Å². The molecule has 7 heteroatoms. The zero-order valence-corrected chi connectivity index (χ0v) is 14.2. The minimum atomic E-state index is -0.482. The van der Waals surface area contributed by atoms with Crippen LogP contribution >= 0.6 is 0 Å². The van der Waals surface area contributed by atoms with Crippen LogP contribution in [-0.4, -0.2) is 38.0 Å². The maximum absolute atomic E-state index is 13.8. The molecule has 2 aromatic heterocycles. The third-order valence-corrected chi connectivity index (χ3v) is 4.84. The van der Waals surface area contributed by atoms with Crippen molar-refractivity contribution in [1.82, 2.24) is 24.9 Å². The monoisotopic (exact) mass is 355 g/mol. The molecule has 0 unspecified atom stereocenters. The molecule has 0 aliphatic carbocycles. The van der Waals surface area contributed by atoms with Gasteiger partial charge in [-0.25, -0.2) is 13.5 Å². The average Bonchev–Trinajstić information content (AvgIpc) is 3.16. The Morgan fingerprint density at radius 1 is 1.04 bits per heavy atom. The third-order valence-electron chi connectivity index (χ3n) is 4.84. The molecule has 3 heterocycles. The number of pyridine rings is 1. The lowest BCUT2D eigenvalue weighted by Gasteiger charge is -2.31. The van der Waals surface area contributed by atoms with E-state index in [4.69, 9.17) is 0 Å². The second kappa shape index (κ2) is 7.29. The fraction of sp³-hybridized carbons (Fsp3) is 0.316. The number of benzene rings is 1. The first kappa shape index (κ1) is 16.8. The number of likely N-dealkylation sites (tertiary alicyclic amines) is 1. The molecule has 0 radical (unpaired) electrons. The highest BCUT2D eigenvalue weighted by molar-refractivity contribution is 5.55. The van der Waals surface area contributed by atoms with Gasteiger partial charge in [0.2, 0.25) is 0 Å². The van der Waals surface area contributed by atoms with Gasteiger partial charge in [0, 0.05) is 43.2 Å². The molecule has 0 spiro atoms. The van der Waals surface area contributed by atoms with Crippen LogP contribution in [0.4, 0.5) is 8.78 Å². The summed E-state index contributed by atoms with van der Waals surface area (Å²) in [6.45, 7) is 1.82. The number of aromatic nitrogens is 4. The lowest BCUT2D eigenvalue weighted by atomic mass is 10.0. The Morgan fingerprint density at radius 2 is 1.81 bits per heavy atom. The molecule has 26 heavy (non-hydrogen) atoms. The summed E-state index contributed by atoms with van der Waals surface area (Å²) in [6.07, 6.45) is 7.16. The fourth-order valence-electron chi connectivity index (χ4n) is 3.35. The van der Waals surface area contributed by atoms with Gasteiger partial charge in [0.1, 0.15) is 17.3 Å². The molecule has 0 saturated carbocycles. The first-order chi connectivity index (χ1) is 12.7. The van der Waals surface area contributed by atoms with E-state index in [1.165, 1.54) is 18.2 Å². The Hall–Kier alpha value is -2.67. The molecule has 5 nitrogen and oxygen atoms in total. The molecule has 0 amide bonds. The Bertz CT molecular complexity index is 852. The predicted octanol–water partition coefficient (Wildman–Crippen LogP) is 3.46. The lowest BCUT2D eigenvalue weighted by Crippen LogP contribution is -2.34. The highest BCUT2D eigenvalue weighted by Gasteiger charge is 2.23. The van der Waals surface area contributed by atoms with Crippen LogP contribution in [0.1, 0.15) is 24.4 Å². The van der Waals surface area contributed by atoms with E-state index >= 15 is 0 Å². The number of nitrogens with zero attached hydrogens (tertiary/aromatic N) is 5. The van der Waals surface area contributed by atoms with Crippen molar-refractivity contribution in [3.05, 3.63) is 66.1 Å². The summed E-state index contributed by atoms with van der Waals surface area (Å²) in [5, 5.41) is 8.49. The Balaban J connectivity index is 1.39. The van der Waals surface area contributed by atoms with Gasteiger partial charge in [-0.15, -0.1) is 5.10 Å². The maximum Gasteiger partial charge on any atom is 0.130 e. The van der Waals surface area contributed by atoms with Gasteiger partial charge < -0.3 is 0 Å². The topological polar surface area (TPSA) is 46.8 Å². The van der Waals surface area contributed by atoms with E-state index in [0.29, 0.717) is 6.54 Å². The zero-order valence-electron chi connectivity index (χ0n) is 14.2. The number of hydrogen-bond donors (Lipinski definition) is 0. The largest absolute Gasteiger partial charge is 0.299 e. The predicted molar refractivity (Wildman–Crippen MR) is 93.2 cm³/mol. The summed E-state index contributed by atoms with van der Waals surface area (Å²) in [5.74, 6) is -0.964. The molecule has 1 aliphatic rings. The zero-order chi connectivity index (χ0) is 17.9. The van der Waals surface area contributed by atoms with Crippen LogP contribution in [-0.2, 0) is 6.54 Å². The van der Waals surface area contributed by atoms with Crippen LogP contribution < -0.4 is 0 Å². The highest BCUT2D eigenvalue weighted by Crippen LogP contribution is 2.25. The summed E-state index contributed by atoms with van der Waals surface area (Å²) < 4.78 is 29.5. The standard InChI is InChI=1S/C19H19F2N5/c20-17-4-1-5-18(21)16(17)12-25-9-6-15(7-10-25)26-13-19(23-24-26)14-3-2-8-22-11-14/h1-5,8,11,13,15H,6-7,9-10,12H2. The molecule has 1 saturated heterocycles. The van der Waals surface area contributed by atoms with Crippen LogP contribution in [0.3, 0.4) is 0 Å². The molecule has 4 rings (SSSR count). The van der Waals surface area contributed by atoms with E-state index in [1.807, 2.05) is 23.0 Å². The van der Waals surface area contributed by atoms with Gasteiger partial charge >= 0.3 is 0 Å². The Labute approximate surface area is 150 Å². The van der Waals surface area contributed by atoms with E-state index in [0.717, 1.165) is 37.2 Å². The molecule has 1 aliphatic heterocycles. The van der Waals surface area contributed by atoms with Gasteiger partial charge in [-0.3, -0.25) is 9.88 Å². The molecular formula is C19H19F2N5. The number of hydrogen-bond acceptors (Lipinski definition) is 4. The van der Waals surface area contributed by atoms with Crippen molar-refractivity contribution >= 4 is 0 Å². The van der Waals surface area contributed by atoms with Crippen LogP contribution in [0.15, 0.2) is 48.9 Å². The summed E-state index contributed by atoms with van der Waals surface area (Å²) in [5.41, 5.74) is 1.88. The van der Waals surface area contributed by atoms with Crippen molar-refractivity contribution in [2.75, 3.05) is 13.1 Å². The minimum absolute atomic E-state index is 0.144. The highest BCUT2D eigenvalue weighted by atomic mass is 19.1. The first-order valence-corrected chi connectivity index (χ1v) is 8.68. The van der Waals surface area contributed by atoms with Gasteiger partial charge in [-0.05, 0) is 37.1 Å². The SMILES string of the molecule is Fc1cccc(F)c1CN1CCC(n2cc(-c3cccnc3)nn2)CC1. The van der Waals surface area contributed by atoms with E-state index in [1.54, 1.807) is 12.4 Å². The smallest absolute Gasteiger partial charge is 0.130 e. The molecule has 1 aromatic carbocycles. The molecule has 0 bridgehead atoms. The Morgan fingerprint density at radius 3 is 2.50 bits per heavy atom. The summed E-state index contributed by atoms with van der Waals surface area (Å²) in [4.78, 5) is 6.18. The van der Waals surface area contributed by atoms with Crippen molar-refractivity contribution in [2.24, 2.45) is 0 Å². The maximum atomic E-state index is 13.8. The van der Waals surface area contributed by atoms with Crippen molar-refractivity contribution in [2.45, 2.75) is 25.4 Å². The Kier molecular flexibility index (Phi) is 4.71. The molecule has 0 N–H and O–H groups in total. The number of halogens is 2. The van der Waals surface area contributed by atoms with Gasteiger partial charge in [-0.2, -0.15) is 0 Å². The molecule has 3 aromatic rings. The summed E-state index contributed by atoms with van der Waals surface area (Å²) >= 11 is 0. The molecule has 1 fully saturated rings. The number of piperidine rings is 1. The quantitative estimate of drug-likeness (QED) is 0.719. The van der Waals surface area contributed by atoms with Crippen LogP contribution in [0.5, 0.6) is 0 Å². The van der Waals surface area contributed by atoms with Gasteiger partial charge in [0.25, 0.3) is 0 Å². The minimum Gasteiger partial charge on any atom is -0.299 e. The van der Waals surface area contributed by atoms with E-state index in [2.05, 4.69) is 20.2 Å². The fourth-order valence-corrected chi connectivity index (χ4v) is 3.35. The number of rotatable bonds is 4. The van der Waals surface area contributed by atoms with Crippen molar-refractivity contribution in [1.29, 1.82) is 0 Å². The third kappa shape index (κ3) is 3.48. The van der Waals surface area contributed by atoms with Crippen LogP contribution in [0, 0.1) is 11.6 Å². The van der Waals surface area contributed by atoms with Crippen molar-refractivity contribution in [3.63, 3.8) is 0 Å². The van der Waals surface area contributed by atoms with Gasteiger partial charge in [0.05, 0.1) is 12.2 Å². The first-order valence-electron chi connectivity index (χ1n) is 8.68. The van der Waals surface area contributed by atoms with E-state index in [9.17, 15) is 8.78 Å². The van der Waals surface area contributed by atoms with E-state index in [-0.39, 0.29) is 11.6 Å². The summed E-state index contributed by atoms with van der Waals surface area (Å²) in [7, 11) is 0. The average molecular weight is 355 g/mol. The second-order valence-corrected chi connectivity index (χ2v) is 6.53. The van der Waals surface area contributed by atoms with Crippen molar-refractivity contribution in [3.8, 4) is 11.3 Å². The van der Waals surface area contributed by atoms with Gasteiger partial charge in [0.15, 0.2) is 0 Å². The lowest BCUT2D eigenvalue weighted by molar-refractivity contribution is 0.169. The molecule has 0 atom stereocenters. The van der Waals surface area contributed by atoms with Crippen molar-refractivity contribution < 1.29 is 8.78 Å². The van der Waals surface area contributed by atoms with E-state index < -0.39 is 11.6 Å². The second-order valence-electron chi connectivity index (χ2n) is 6.53.